The van der Waals surface area contributed by atoms with E-state index in [-0.39, 0.29) is 13.1 Å². The highest BCUT2D eigenvalue weighted by molar-refractivity contribution is 5.85. The van der Waals surface area contributed by atoms with E-state index in [2.05, 4.69) is 5.32 Å². The summed E-state index contributed by atoms with van der Waals surface area (Å²) in [4.78, 5) is 24.5. The third kappa shape index (κ3) is 4.82. The highest BCUT2D eigenvalue weighted by atomic mass is 16.4. The van der Waals surface area contributed by atoms with Crippen molar-refractivity contribution in [2.45, 2.75) is 19.1 Å². The Morgan fingerprint density at radius 2 is 1.54 bits per heavy atom. The molecule has 0 bridgehead atoms. The van der Waals surface area contributed by atoms with Crippen molar-refractivity contribution in [2.75, 3.05) is 6.61 Å². The van der Waals surface area contributed by atoms with Crippen molar-refractivity contribution in [1.29, 1.82) is 0 Å². The Labute approximate surface area is 140 Å². The number of rotatable bonds is 7. The first kappa shape index (κ1) is 17.5. The fourth-order valence-corrected chi connectivity index (χ4v) is 2.31. The van der Waals surface area contributed by atoms with E-state index < -0.39 is 24.6 Å². The molecule has 0 aromatic heterocycles. The maximum Gasteiger partial charge on any atom is 0.245 e. The molecule has 2 N–H and O–H groups in total. The standard InChI is InChI=1S/C18H20N2O4/c21-13-16(17(22)19-11-14-7-3-1-4-8-14)20(18(23)24)12-15-9-5-2-6-10-15/h1-10,16,21H,11-13H2,(H,19,22)(H,23,24)/p-1/t16-/m1/s1. The number of carbonyl (C=O) groups excluding carboxylic acids is 2. The van der Waals surface area contributed by atoms with Crippen molar-refractivity contribution in [1.82, 2.24) is 10.2 Å². The maximum absolute atomic E-state index is 12.3. The molecular formula is C18H19N2O4-. The van der Waals surface area contributed by atoms with Crippen LogP contribution in [0.25, 0.3) is 0 Å². The van der Waals surface area contributed by atoms with Crippen molar-refractivity contribution < 1.29 is 19.8 Å². The molecule has 1 atom stereocenters. The van der Waals surface area contributed by atoms with Gasteiger partial charge < -0.3 is 25.2 Å². The van der Waals surface area contributed by atoms with Crippen LogP contribution in [-0.4, -0.2) is 34.7 Å². The second-order valence-corrected chi connectivity index (χ2v) is 5.28. The number of aliphatic hydroxyl groups is 1. The number of benzene rings is 2. The molecule has 0 unspecified atom stereocenters. The minimum Gasteiger partial charge on any atom is -0.530 e. The molecule has 2 aromatic carbocycles. The van der Waals surface area contributed by atoms with Gasteiger partial charge in [-0.2, -0.15) is 0 Å². The van der Waals surface area contributed by atoms with Gasteiger partial charge in [-0.1, -0.05) is 60.7 Å². The Bertz CT molecular complexity index is 661. The van der Waals surface area contributed by atoms with Crippen molar-refractivity contribution >= 4 is 12.0 Å². The van der Waals surface area contributed by atoms with Crippen LogP contribution in [-0.2, 0) is 17.9 Å². The molecule has 0 radical (unpaired) electrons. The molecule has 6 nitrogen and oxygen atoms in total. The molecule has 6 heteroatoms. The van der Waals surface area contributed by atoms with Crippen molar-refractivity contribution in [2.24, 2.45) is 0 Å². The zero-order valence-electron chi connectivity index (χ0n) is 13.1. The number of nitrogens with one attached hydrogen (secondary N) is 1. The lowest BCUT2D eigenvalue weighted by Gasteiger charge is -2.32. The molecule has 0 fully saturated rings. The highest BCUT2D eigenvalue weighted by Gasteiger charge is 2.25. The van der Waals surface area contributed by atoms with E-state index in [4.69, 9.17) is 0 Å². The van der Waals surface area contributed by atoms with Crippen LogP contribution in [0.1, 0.15) is 11.1 Å². The van der Waals surface area contributed by atoms with Crippen molar-refractivity contribution in [3.8, 4) is 0 Å². The average Bonchev–Trinajstić information content (AvgIpc) is 2.61. The van der Waals surface area contributed by atoms with Crippen LogP contribution in [0, 0.1) is 0 Å². The predicted molar refractivity (Wildman–Crippen MR) is 86.5 cm³/mol. The fourth-order valence-electron chi connectivity index (χ4n) is 2.31. The third-order valence-corrected chi connectivity index (χ3v) is 3.59. The van der Waals surface area contributed by atoms with Crippen LogP contribution in [0.2, 0.25) is 0 Å². The summed E-state index contributed by atoms with van der Waals surface area (Å²) in [7, 11) is 0. The number of hydrogen-bond donors (Lipinski definition) is 2. The number of nitrogens with zero attached hydrogens (tertiary/aromatic N) is 1. The number of amides is 2. The predicted octanol–water partition coefficient (Wildman–Crippen LogP) is 0.509. The number of carboxylic acid groups (broad SMARTS) is 1. The van der Waals surface area contributed by atoms with Gasteiger partial charge in [-0.3, -0.25) is 4.79 Å². The van der Waals surface area contributed by atoms with Crippen LogP contribution in [0.15, 0.2) is 60.7 Å². The first-order chi connectivity index (χ1) is 11.6. The smallest absolute Gasteiger partial charge is 0.245 e. The zero-order valence-corrected chi connectivity index (χ0v) is 13.1. The van der Waals surface area contributed by atoms with Gasteiger partial charge in [0.2, 0.25) is 5.91 Å². The summed E-state index contributed by atoms with van der Waals surface area (Å²) in [6.45, 7) is -0.406. The number of aliphatic hydroxyl groups excluding tert-OH is 1. The van der Waals surface area contributed by atoms with Gasteiger partial charge in [-0.05, 0) is 11.1 Å². The zero-order chi connectivity index (χ0) is 17.4. The van der Waals surface area contributed by atoms with E-state index in [9.17, 15) is 19.8 Å². The Balaban J connectivity index is 2.05. The molecule has 0 aliphatic carbocycles. The quantitative estimate of drug-likeness (QED) is 0.775. The Morgan fingerprint density at radius 3 is 2.04 bits per heavy atom. The van der Waals surface area contributed by atoms with Gasteiger partial charge >= 0.3 is 0 Å². The molecule has 0 saturated carbocycles. The maximum atomic E-state index is 12.3. The lowest BCUT2D eigenvalue weighted by molar-refractivity contribution is -0.269. The summed E-state index contributed by atoms with van der Waals surface area (Å²) < 4.78 is 0. The minimum atomic E-state index is -1.51. The van der Waals surface area contributed by atoms with Gasteiger partial charge in [0.15, 0.2) is 0 Å². The lowest BCUT2D eigenvalue weighted by atomic mass is 10.1. The monoisotopic (exact) mass is 327 g/mol. The molecular weight excluding hydrogens is 308 g/mol. The van der Waals surface area contributed by atoms with Crippen LogP contribution in [0.5, 0.6) is 0 Å². The molecule has 0 spiro atoms. The van der Waals surface area contributed by atoms with E-state index in [1.165, 1.54) is 0 Å². The Morgan fingerprint density at radius 1 is 1.00 bits per heavy atom. The van der Waals surface area contributed by atoms with Gasteiger partial charge in [0.05, 0.1) is 6.61 Å². The lowest BCUT2D eigenvalue weighted by Crippen LogP contribution is -2.54. The highest BCUT2D eigenvalue weighted by Crippen LogP contribution is 2.09. The number of hydrogen-bond acceptors (Lipinski definition) is 4. The molecule has 24 heavy (non-hydrogen) atoms. The summed E-state index contributed by atoms with van der Waals surface area (Å²) >= 11 is 0. The molecule has 0 aliphatic rings. The van der Waals surface area contributed by atoms with Gasteiger partial charge in [0.25, 0.3) is 0 Å². The Kier molecular flexibility index (Phi) is 6.33. The summed E-state index contributed by atoms with van der Waals surface area (Å²) in [6.07, 6.45) is -1.51. The first-order valence-electron chi connectivity index (χ1n) is 7.56. The first-order valence-corrected chi connectivity index (χ1v) is 7.56. The van der Waals surface area contributed by atoms with E-state index >= 15 is 0 Å². The van der Waals surface area contributed by atoms with Crippen molar-refractivity contribution in [3.63, 3.8) is 0 Å². The summed E-state index contributed by atoms with van der Waals surface area (Å²) in [5.74, 6) is -0.568. The summed E-state index contributed by atoms with van der Waals surface area (Å²) in [6, 6.07) is 16.8. The van der Waals surface area contributed by atoms with Gasteiger partial charge in [0, 0.05) is 13.1 Å². The SMILES string of the molecule is O=C(NCc1ccccc1)[C@@H](CO)N(Cc1ccccc1)C(=O)[O-]. The van der Waals surface area contributed by atoms with E-state index in [0.717, 1.165) is 10.5 Å². The largest absolute Gasteiger partial charge is 0.530 e. The van der Waals surface area contributed by atoms with Gasteiger partial charge in [0.1, 0.15) is 12.1 Å². The fraction of sp³-hybridized carbons (Fsp3) is 0.222. The molecule has 0 heterocycles. The summed E-state index contributed by atoms with van der Waals surface area (Å²) in [5, 5.41) is 23.5. The van der Waals surface area contributed by atoms with E-state index in [1.54, 1.807) is 24.3 Å². The molecule has 0 aliphatic heterocycles. The van der Waals surface area contributed by atoms with Crippen LogP contribution < -0.4 is 10.4 Å². The number of carbonyl (C=O) groups is 2. The Hall–Kier alpha value is -2.86. The van der Waals surface area contributed by atoms with Gasteiger partial charge in [-0.25, -0.2) is 0 Å². The van der Waals surface area contributed by atoms with Crippen LogP contribution in [0.3, 0.4) is 0 Å². The molecule has 0 saturated heterocycles. The minimum absolute atomic E-state index is 0.0346. The second kappa shape index (κ2) is 8.69. The van der Waals surface area contributed by atoms with Gasteiger partial charge in [-0.15, -0.1) is 0 Å². The second-order valence-electron chi connectivity index (χ2n) is 5.28. The molecule has 2 amide bonds. The molecule has 2 rings (SSSR count). The van der Waals surface area contributed by atoms with E-state index in [0.29, 0.717) is 5.56 Å². The van der Waals surface area contributed by atoms with Crippen molar-refractivity contribution in [3.05, 3.63) is 71.8 Å². The molecule has 126 valence electrons. The topological polar surface area (TPSA) is 92.7 Å². The summed E-state index contributed by atoms with van der Waals surface area (Å²) in [5.41, 5.74) is 1.58. The van der Waals surface area contributed by atoms with Crippen LogP contribution in [0.4, 0.5) is 4.79 Å². The third-order valence-electron chi connectivity index (χ3n) is 3.59. The molecule has 2 aromatic rings. The average molecular weight is 327 g/mol. The van der Waals surface area contributed by atoms with Crippen LogP contribution >= 0.6 is 0 Å². The van der Waals surface area contributed by atoms with E-state index in [1.807, 2.05) is 36.4 Å². The normalized spacial score (nSPS) is 11.5.